The number of ketones is 1. The Bertz CT molecular complexity index is 926. The molecule has 1 aromatic carbocycles. The molecule has 6 heteroatoms. The van der Waals surface area contributed by atoms with E-state index >= 15 is 0 Å². The number of fused-ring (bicyclic) bond motifs is 1. The van der Waals surface area contributed by atoms with Crippen LogP contribution in [-0.2, 0) is 6.42 Å². The van der Waals surface area contributed by atoms with Gasteiger partial charge in [-0.3, -0.25) is 14.4 Å². The van der Waals surface area contributed by atoms with Crippen molar-refractivity contribution < 1.29 is 9.59 Å². The molecule has 2 heterocycles. The summed E-state index contributed by atoms with van der Waals surface area (Å²) in [6.45, 7) is 2.04. The third-order valence-corrected chi connectivity index (χ3v) is 5.07. The van der Waals surface area contributed by atoms with Crippen LogP contribution in [0.15, 0.2) is 35.1 Å². The Morgan fingerprint density at radius 2 is 1.85 bits per heavy atom. The van der Waals surface area contributed by atoms with Crippen LogP contribution >= 0.6 is 0 Å². The van der Waals surface area contributed by atoms with Crippen molar-refractivity contribution in [2.24, 2.45) is 0 Å². The zero-order valence-corrected chi connectivity index (χ0v) is 14.5. The fourth-order valence-corrected chi connectivity index (χ4v) is 3.70. The zero-order valence-electron chi connectivity index (χ0n) is 14.5. The highest BCUT2D eigenvalue weighted by atomic mass is 16.2. The van der Waals surface area contributed by atoms with Gasteiger partial charge in [0.15, 0.2) is 5.78 Å². The minimum absolute atomic E-state index is 0.0208. The van der Waals surface area contributed by atoms with E-state index in [1.165, 1.54) is 18.9 Å². The van der Waals surface area contributed by atoms with Gasteiger partial charge in [-0.1, -0.05) is 6.07 Å². The van der Waals surface area contributed by atoms with E-state index in [9.17, 15) is 14.4 Å². The largest absolute Gasteiger partial charge is 0.371 e. The number of anilines is 2. The molecule has 0 unspecified atom stereocenters. The molecule has 0 radical (unpaired) electrons. The highest BCUT2D eigenvalue weighted by molar-refractivity contribution is 6.06. The maximum absolute atomic E-state index is 12.6. The first-order valence-corrected chi connectivity index (χ1v) is 9.07. The van der Waals surface area contributed by atoms with Crippen LogP contribution in [0.2, 0.25) is 0 Å². The number of nitrogens with zero attached hydrogens (tertiary/aromatic N) is 1. The van der Waals surface area contributed by atoms with Crippen LogP contribution in [0, 0.1) is 0 Å². The van der Waals surface area contributed by atoms with Gasteiger partial charge >= 0.3 is 0 Å². The monoisotopic (exact) mass is 351 g/mol. The topological polar surface area (TPSA) is 82.3 Å². The fraction of sp³-hybridized carbons (Fsp3) is 0.350. The van der Waals surface area contributed by atoms with E-state index in [0.717, 1.165) is 25.2 Å². The number of aromatic nitrogens is 1. The lowest BCUT2D eigenvalue weighted by atomic mass is 9.93. The Morgan fingerprint density at radius 1 is 1.04 bits per heavy atom. The van der Waals surface area contributed by atoms with Gasteiger partial charge in [0.25, 0.3) is 11.5 Å². The van der Waals surface area contributed by atoms with E-state index < -0.39 is 11.5 Å². The number of Topliss-reactive ketones (excluding diaryl/α,β-unsaturated/α-hetero) is 1. The number of hydrogen-bond donors (Lipinski definition) is 2. The maximum atomic E-state index is 12.6. The van der Waals surface area contributed by atoms with E-state index in [2.05, 4.69) is 15.2 Å². The number of nitrogens with one attached hydrogen (secondary N) is 2. The lowest BCUT2D eigenvalue weighted by molar-refractivity contribution is 0.0971. The first-order chi connectivity index (χ1) is 12.6. The number of amides is 1. The molecular weight excluding hydrogens is 330 g/mol. The molecule has 1 aromatic heterocycles. The third-order valence-electron chi connectivity index (χ3n) is 5.07. The second-order valence-electron chi connectivity index (χ2n) is 6.88. The molecule has 1 saturated heterocycles. The van der Waals surface area contributed by atoms with E-state index in [1.54, 1.807) is 6.07 Å². The molecule has 1 amide bonds. The average molecular weight is 351 g/mol. The lowest BCUT2D eigenvalue weighted by Crippen LogP contribution is -2.27. The Labute approximate surface area is 151 Å². The second kappa shape index (κ2) is 6.78. The molecule has 26 heavy (non-hydrogen) atoms. The van der Waals surface area contributed by atoms with Crippen LogP contribution in [0.3, 0.4) is 0 Å². The minimum Gasteiger partial charge on any atom is -0.371 e. The molecule has 1 aliphatic carbocycles. The summed E-state index contributed by atoms with van der Waals surface area (Å²) in [7, 11) is 0. The molecule has 0 bridgehead atoms. The summed E-state index contributed by atoms with van der Waals surface area (Å²) in [6, 6.07) is 9.07. The van der Waals surface area contributed by atoms with Crippen LogP contribution < -0.4 is 15.8 Å². The number of hydrogen-bond acceptors (Lipinski definition) is 4. The van der Waals surface area contributed by atoms with E-state index in [0.29, 0.717) is 29.8 Å². The van der Waals surface area contributed by atoms with Crippen LogP contribution in [0.5, 0.6) is 0 Å². The lowest BCUT2D eigenvalue weighted by Gasteiger charge is -2.18. The third kappa shape index (κ3) is 3.14. The molecule has 6 nitrogen and oxygen atoms in total. The van der Waals surface area contributed by atoms with Crippen molar-refractivity contribution in [3.63, 3.8) is 0 Å². The molecule has 2 N–H and O–H groups in total. The summed E-state index contributed by atoms with van der Waals surface area (Å²) in [5.74, 6) is -0.515. The molecule has 2 aliphatic rings. The summed E-state index contributed by atoms with van der Waals surface area (Å²) in [5.41, 5.74) is 2.33. The smallest absolute Gasteiger partial charge is 0.261 e. The molecule has 4 rings (SSSR count). The molecule has 1 fully saturated rings. The Kier molecular flexibility index (Phi) is 4.32. The van der Waals surface area contributed by atoms with Crippen molar-refractivity contribution >= 4 is 23.1 Å². The second-order valence-corrected chi connectivity index (χ2v) is 6.88. The summed E-state index contributed by atoms with van der Waals surface area (Å²) >= 11 is 0. The molecule has 2 aromatic rings. The Hall–Kier alpha value is -2.89. The van der Waals surface area contributed by atoms with Crippen LogP contribution in [0.1, 0.15) is 52.1 Å². The number of H-pyrrole nitrogens is 1. The minimum atomic E-state index is -0.494. The predicted octanol–water partition coefficient (Wildman–Crippen LogP) is 2.75. The van der Waals surface area contributed by atoms with Crippen molar-refractivity contribution in [2.75, 3.05) is 23.3 Å². The Balaban J connectivity index is 1.59. The van der Waals surface area contributed by atoms with Crippen LogP contribution in [0.4, 0.5) is 11.4 Å². The number of rotatable bonds is 3. The number of carbonyl (C=O) groups is 2. The Morgan fingerprint density at radius 3 is 2.65 bits per heavy atom. The van der Waals surface area contributed by atoms with E-state index in [-0.39, 0.29) is 11.3 Å². The van der Waals surface area contributed by atoms with Crippen LogP contribution in [0.25, 0.3) is 0 Å². The van der Waals surface area contributed by atoms with Gasteiger partial charge in [0, 0.05) is 42.1 Å². The van der Waals surface area contributed by atoms with Gasteiger partial charge in [0.2, 0.25) is 0 Å². The summed E-state index contributed by atoms with van der Waals surface area (Å²) in [4.78, 5) is 41.9. The normalized spacial score (nSPS) is 16.5. The average Bonchev–Trinajstić information content (AvgIpc) is 3.16. The number of pyridine rings is 1. The zero-order chi connectivity index (χ0) is 18.1. The maximum Gasteiger partial charge on any atom is 0.261 e. The molecular formula is C20H21N3O3. The molecule has 1 aliphatic heterocycles. The first-order valence-electron chi connectivity index (χ1n) is 9.07. The van der Waals surface area contributed by atoms with E-state index in [1.807, 2.05) is 18.2 Å². The molecule has 0 atom stereocenters. The number of benzene rings is 1. The van der Waals surface area contributed by atoms with Gasteiger partial charge in [-0.2, -0.15) is 0 Å². The number of carbonyl (C=O) groups excluding carboxylic acids is 2. The van der Waals surface area contributed by atoms with Gasteiger partial charge in [0.05, 0.1) is 0 Å². The number of aryl methyl sites for hydroxylation is 1. The van der Waals surface area contributed by atoms with Crippen molar-refractivity contribution in [3.05, 3.63) is 57.5 Å². The summed E-state index contributed by atoms with van der Waals surface area (Å²) in [5, 5.41) is 2.79. The predicted molar refractivity (Wildman–Crippen MR) is 100 cm³/mol. The molecule has 0 spiro atoms. The molecule has 134 valence electrons. The molecule has 0 saturated carbocycles. The van der Waals surface area contributed by atoms with Crippen molar-refractivity contribution in [3.8, 4) is 0 Å². The highest BCUT2D eigenvalue weighted by Crippen LogP contribution is 2.24. The quantitative estimate of drug-likeness (QED) is 0.891. The van der Waals surface area contributed by atoms with Crippen LogP contribution in [-0.4, -0.2) is 29.8 Å². The first kappa shape index (κ1) is 16.6. The van der Waals surface area contributed by atoms with E-state index in [4.69, 9.17) is 0 Å². The van der Waals surface area contributed by atoms with Gasteiger partial charge in [-0.25, -0.2) is 0 Å². The summed E-state index contributed by atoms with van der Waals surface area (Å²) < 4.78 is 0. The SMILES string of the molecule is O=C1CCCc2[nH]c(=O)c(C(=O)Nc3cccc(N4CCCC4)c3)cc21. The van der Waals surface area contributed by atoms with Gasteiger partial charge < -0.3 is 15.2 Å². The van der Waals surface area contributed by atoms with Gasteiger partial charge in [0.1, 0.15) is 5.56 Å². The number of aromatic amines is 1. The van der Waals surface area contributed by atoms with Crippen molar-refractivity contribution in [2.45, 2.75) is 32.1 Å². The van der Waals surface area contributed by atoms with Gasteiger partial charge in [-0.15, -0.1) is 0 Å². The standard InChI is InChI=1S/C20H21N3O3/c24-18-8-4-7-17-15(18)12-16(20(26)22-17)19(25)21-13-5-3-6-14(11-13)23-9-1-2-10-23/h3,5-6,11-12H,1-2,4,7-10H2,(H,21,25)(H,22,26). The van der Waals surface area contributed by atoms with Crippen molar-refractivity contribution in [1.29, 1.82) is 0 Å². The fourth-order valence-electron chi connectivity index (χ4n) is 3.70. The van der Waals surface area contributed by atoms with Crippen molar-refractivity contribution in [1.82, 2.24) is 4.98 Å². The summed E-state index contributed by atoms with van der Waals surface area (Å²) in [6.07, 6.45) is 4.20. The highest BCUT2D eigenvalue weighted by Gasteiger charge is 2.22. The van der Waals surface area contributed by atoms with Gasteiger partial charge in [-0.05, 0) is 49.9 Å².